The number of hydrogen-bond acceptors (Lipinski definition) is 0. The lowest BCUT2D eigenvalue weighted by atomic mass is 10.1. The Morgan fingerprint density at radius 2 is 1.67 bits per heavy atom. The van der Waals surface area contributed by atoms with Crippen molar-refractivity contribution >= 4 is 0 Å². The molecular weight excluding hydrogens is 208 g/mol. The van der Waals surface area contributed by atoms with Crippen LogP contribution in [0.4, 0.5) is 17.6 Å². The first-order valence-corrected chi connectivity index (χ1v) is 4.80. The molecule has 0 nitrogen and oxygen atoms in total. The van der Waals surface area contributed by atoms with Crippen LogP contribution in [-0.2, 0) is 12.6 Å². The topological polar surface area (TPSA) is 0 Å². The molecule has 1 aromatic rings. The lowest BCUT2D eigenvalue weighted by Gasteiger charge is -2.07. The molecule has 0 bridgehead atoms. The van der Waals surface area contributed by atoms with Crippen LogP contribution in [0.5, 0.6) is 0 Å². The maximum Gasteiger partial charge on any atom is 0.416 e. The Hall–Kier alpha value is -1.06. The fraction of sp³-hybridized carbons (Fsp3) is 0.455. The Bertz CT molecular complexity index is 302. The zero-order valence-corrected chi connectivity index (χ0v) is 8.95. The van der Waals surface area contributed by atoms with Gasteiger partial charge in [-0.05, 0) is 24.1 Å². The minimum atomic E-state index is -4.47. The average molecular weight is 222 g/mol. The van der Waals surface area contributed by atoms with Crippen LogP contribution >= 0.6 is 0 Å². The Labute approximate surface area is 86.9 Å². The summed E-state index contributed by atoms with van der Waals surface area (Å²) in [7, 11) is 0. The van der Waals surface area contributed by atoms with E-state index in [9.17, 15) is 17.6 Å². The minimum absolute atomic E-state index is 0.299. The molecule has 0 unspecified atom stereocenters. The molecule has 0 aromatic heterocycles. The predicted molar refractivity (Wildman–Crippen MR) is 52.1 cm³/mol. The van der Waals surface area contributed by atoms with Crippen molar-refractivity contribution in [2.45, 2.75) is 33.4 Å². The summed E-state index contributed by atoms with van der Waals surface area (Å²) in [5.74, 6) is -0.794. The number of aryl methyl sites for hydroxylation is 1. The van der Waals surface area contributed by atoms with Crippen molar-refractivity contribution in [3.8, 4) is 0 Å². The summed E-state index contributed by atoms with van der Waals surface area (Å²) in [4.78, 5) is 0. The molecule has 0 amide bonds. The first kappa shape index (κ1) is 13.9. The summed E-state index contributed by atoms with van der Waals surface area (Å²) in [6.07, 6.45) is -4.07. The molecule has 0 aliphatic rings. The van der Waals surface area contributed by atoms with Crippen molar-refractivity contribution in [3.05, 3.63) is 35.1 Å². The standard InChI is InChI=1S/C9H8F4.C2H6/c1-2-6-3-4-7(5-8(6)10)9(11,12)13;1-2/h3-5H,2H2,1H3;1-2H3. The summed E-state index contributed by atoms with van der Waals surface area (Å²) in [6, 6.07) is 2.58. The molecule has 0 aliphatic carbocycles. The Balaban J connectivity index is 0.000000921. The molecule has 0 N–H and O–H groups in total. The van der Waals surface area contributed by atoms with E-state index in [0.717, 1.165) is 12.1 Å². The van der Waals surface area contributed by atoms with Crippen LogP contribution in [0.15, 0.2) is 18.2 Å². The van der Waals surface area contributed by atoms with E-state index >= 15 is 0 Å². The van der Waals surface area contributed by atoms with Gasteiger partial charge in [0.1, 0.15) is 5.82 Å². The van der Waals surface area contributed by atoms with Crippen LogP contribution in [0.1, 0.15) is 31.9 Å². The summed E-state index contributed by atoms with van der Waals surface area (Å²) in [6.45, 7) is 5.69. The number of hydrogen-bond donors (Lipinski definition) is 0. The summed E-state index contributed by atoms with van der Waals surface area (Å²) < 4.78 is 49.0. The molecule has 86 valence electrons. The fourth-order valence-corrected chi connectivity index (χ4v) is 1.01. The fourth-order valence-electron chi connectivity index (χ4n) is 1.01. The molecule has 0 aliphatic heterocycles. The van der Waals surface area contributed by atoms with Crippen molar-refractivity contribution in [3.63, 3.8) is 0 Å². The molecule has 0 saturated heterocycles. The first-order chi connectivity index (χ1) is 6.95. The van der Waals surface area contributed by atoms with E-state index in [-0.39, 0.29) is 0 Å². The third-order valence-corrected chi connectivity index (χ3v) is 1.76. The Kier molecular flexibility index (Phi) is 5.33. The first-order valence-electron chi connectivity index (χ1n) is 4.80. The van der Waals surface area contributed by atoms with Crippen LogP contribution in [0, 0.1) is 5.82 Å². The molecule has 0 saturated carbocycles. The lowest BCUT2D eigenvalue weighted by molar-refractivity contribution is -0.137. The second kappa shape index (κ2) is 5.73. The second-order valence-corrected chi connectivity index (χ2v) is 2.66. The van der Waals surface area contributed by atoms with Gasteiger partial charge in [0.2, 0.25) is 0 Å². The van der Waals surface area contributed by atoms with Gasteiger partial charge in [0.25, 0.3) is 0 Å². The van der Waals surface area contributed by atoms with Gasteiger partial charge in [-0.2, -0.15) is 13.2 Å². The van der Waals surface area contributed by atoms with Crippen LogP contribution in [0.25, 0.3) is 0 Å². The molecule has 0 fully saturated rings. The maximum absolute atomic E-state index is 12.9. The zero-order valence-electron chi connectivity index (χ0n) is 8.95. The third-order valence-electron chi connectivity index (χ3n) is 1.76. The van der Waals surface area contributed by atoms with Crippen molar-refractivity contribution in [1.82, 2.24) is 0 Å². The summed E-state index contributed by atoms with van der Waals surface area (Å²) in [5.41, 5.74) is -0.643. The normalized spacial score (nSPS) is 10.6. The lowest BCUT2D eigenvalue weighted by Crippen LogP contribution is -2.05. The van der Waals surface area contributed by atoms with E-state index in [1.54, 1.807) is 6.92 Å². The van der Waals surface area contributed by atoms with Gasteiger partial charge in [-0.3, -0.25) is 0 Å². The number of rotatable bonds is 1. The molecular formula is C11H14F4. The quantitative estimate of drug-likeness (QED) is 0.616. The van der Waals surface area contributed by atoms with E-state index in [1.807, 2.05) is 13.8 Å². The average Bonchev–Trinajstić information content (AvgIpc) is 2.19. The van der Waals surface area contributed by atoms with Gasteiger partial charge in [-0.25, -0.2) is 4.39 Å². The Morgan fingerprint density at radius 3 is 2.00 bits per heavy atom. The highest BCUT2D eigenvalue weighted by Gasteiger charge is 2.30. The third kappa shape index (κ3) is 3.90. The number of alkyl halides is 3. The molecule has 0 spiro atoms. The van der Waals surface area contributed by atoms with E-state index in [4.69, 9.17) is 0 Å². The van der Waals surface area contributed by atoms with Crippen molar-refractivity contribution in [1.29, 1.82) is 0 Å². The number of benzene rings is 1. The molecule has 1 aromatic carbocycles. The highest BCUT2D eigenvalue weighted by atomic mass is 19.4. The number of halogens is 4. The van der Waals surface area contributed by atoms with Crippen molar-refractivity contribution in [2.75, 3.05) is 0 Å². The smallest absolute Gasteiger partial charge is 0.207 e. The molecule has 4 heteroatoms. The van der Waals surface area contributed by atoms with Crippen LogP contribution in [0.3, 0.4) is 0 Å². The van der Waals surface area contributed by atoms with Crippen molar-refractivity contribution < 1.29 is 17.6 Å². The molecule has 0 atom stereocenters. The van der Waals surface area contributed by atoms with Crippen LogP contribution < -0.4 is 0 Å². The Morgan fingerprint density at radius 1 is 1.13 bits per heavy atom. The molecule has 0 radical (unpaired) electrons. The molecule has 0 heterocycles. The van der Waals surface area contributed by atoms with E-state index in [2.05, 4.69) is 0 Å². The van der Waals surface area contributed by atoms with Gasteiger partial charge >= 0.3 is 6.18 Å². The van der Waals surface area contributed by atoms with Gasteiger partial charge in [0, 0.05) is 0 Å². The zero-order chi connectivity index (χ0) is 12.1. The van der Waals surface area contributed by atoms with E-state index < -0.39 is 17.6 Å². The summed E-state index contributed by atoms with van der Waals surface area (Å²) >= 11 is 0. The SMILES string of the molecule is CC.CCc1ccc(C(F)(F)F)cc1F. The minimum Gasteiger partial charge on any atom is -0.207 e. The molecule has 1 rings (SSSR count). The van der Waals surface area contributed by atoms with Gasteiger partial charge < -0.3 is 0 Å². The van der Waals surface area contributed by atoms with Gasteiger partial charge in [-0.15, -0.1) is 0 Å². The van der Waals surface area contributed by atoms with Crippen molar-refractivity contribution in [2.24, 2.45) is 0 Å². The summed E-state index contributed by atoms with van der Waals surface area (Å²) in [5, 5.41) is 0. The monoisotopic (exact) mass is 222 g/mol. The second-order valence-electron chi connectivity index (χ2n) is 2.66. The highest BCUT2D eigenvalue weighted by molar-refractivity contribution is 5.26. The van der Waals surface area contributed by atoms with E-state index in [1.165, 1.54) is 0 Å². The van der Waals surface area contributed by atoms with Crippen LogP contribution in [0.2, 0.25) is 0 Å². The van der Waals surface area contributed by atoms with Gasteiger partial charge in [0.05, 0.1) is 5.56 Å². The predicted octanol–water partition coefficient (Wildman–Crippen LogP) is 4.43. The largest absolute Gasteiger partial charge is 0.416 e. The van der Waals surface area contributed by atoms with Gasteiger partial charge in [-0.1, -0.05) is 26.8 Å². The maximum atomic E-state index is 12.9. The molecule has 15 heavy (non-hydrogen) atoms. The van der Waals surface area contributed by atoms with Gasteiger partial charge in [0.15, 0.2) is 0 Å². The van der Waals surface area contributed by atoms with E-state index in [0.29, 0.717) is 18.1 Å². The van der Waals surface area contributed by atoms with Crippen LogP contribution in [-0.4, -0.2) is 0 Å². The highest BCUT2D eigenvalue weighted by Crippen LogP contribution is 2.30.